The van der Waals surface area contributed by atoms with E-state index in [2.05, 4.69) is 79.7 Å². The fourth-order valence-electron chi connectivity index (χ4n) is 6.14. The Morgan fingerprint density at radius 2 is 0.654 bits per heavy atom. The van der Waals surface area contributed by atoms with Gasteiger partial charge in [0.2, 0.25) is 0 Å². The molecule has 0 saturated heterocycles. The van der Waals surface area contributed by atoms with Gasteiger partial charge in [0.05, 0.1) is 19.8 Å². The monoisotopic (exact) mass is 756 g/mol. The second-order valence-electron chi connectivity index (χ2n) is 12.2. The van der Waals surface area contributed by atoms with Crippen molar-refractivity contribution in [3.05, 3.63) is 89.5 Å². The molecule has 290 valence electrons. The molecule has 0 aliphatic carbocycles. The predicted molar refractivity (Wildman–Crippen MR) is 212 cm³/mol. The predicted octanol–water partition coefficient (Wildman–Crippen LogP) is 9.68. The van der Waals surface area contributed by atoms with Crippen LogP contribution in [-0.2, 0) is 26.6 Å². The third-order valence-corrected chi connectivity index (χ3v) is 14.7. The molecule has 0 saturated carbocycles. The lowest BCUT2D eigenvalue weighted by atomic mass is 9.85. The van der Waals surface area contributed by atoms with Crippen molar-refractivity contribution >= 4 is 17.6 Å². The van der Waals surface area contributed by atoms with Gasteiger partial charge in [-0.2, -0.15) is 0 Å². The summed E-state index contributed by atoms with van der Waals surface area (Å²) in [7, 11) is -5.38. The van der Waals surface area contributed by atoms with E-state index < -0.39 is 17.6 Å². The largest absolute Gasteiger partial charge is 0.501 e. The first kappa shape index (κ1) is 43.7. The molecular formula is C41H64O9Si2. The van der Waals surface area contributed by atoms with Gasteiger partial charge in [-0.15, -0.1) is 0 Å². The molecule has 3 aromatic rings. The maximum absolute atomic E-state index is 6.17. The average Bonchev–Trinajstić information content (AvgIpc) is 3.15. The molecule has 0 bridgehead atoms. The molecule has 0 aliphatic heterocycles. The Hall–Kier alpha value is -2.75. The molecule has 0 amide bonds. The second kappa shape index (κ2) is 24.5. The highest BCUT2D eigenvalue weighted by atomic mass is 28.4. The minimum atomic E-state index is -2.69. The number of hydrogen-bond acceptors (Lipinski definition) is 9. The molecule has 11 heteroatoms. The fourth-order valence-corrected chi connectivity index (χ4v) is 11.3. The Morgan fingerprint density at radius 1 is 0.385 bits per heavy atom. The smallest absolute Gasteiger partial charge is 0.494 e. The Kier molecular flexibility index (Phi) is 20.6. The van der Waals surface area contributed by atoms with Gasteiger partial charge in [0.1, 0.15) is 17.2 Å². The lowest BCUT2D eigenvalue weighted by molar-refractivity contribution is 0.0689. The Morgan fingerprint density at radius 3 is 0.904 bits per heavy atom. The van der Waals surface area contributed by atoms with Crippen LogP contribution >= 0.6 is 0 Å². The van der Waals surface area contributed by atoms with E-state index in [0.717, 1.165) is 61.6 Å². The maximum Gasteiger partial charge on any atom is 0.501 e. The molecule has 0 atom stereocenters. The van der Waals surface area contributed by atoms with Gasteiger partial charge < -0.3 is 40.8 Å². The van der Waals surface area contributed by atoms with Crippen molar-refractivity contribution in [1.82, 2.24) is 0 Å². The van der Waals surface area contributed by atoms with E-state index in [1.807, 2.05) is 41.5 Å². The molecule has 0 aromatic heterocycles. The van der Waals surface area contributed by atoms with Crippen molar-refractivity contribution in [2.45, 2.75) is 92.2 Å². The molecule has 0 N–H and O–H groups in total. The number of ether oxygens (including phenoxy) is 3. The summed E-state index contributed by atoms with van der Waals surface area (Å²) in [6.45, 7) is 19.3. The molecule has 3 aromatic carbocycles. The van der Waals surface area contributed by atoms with Crippen LogP contribution in [0.5, 0.6) is 17.2 Å². The topological polar surface area (TPSA) is 83.1 Å². The number of rotatable bonds is 29. The van der Waals surface area contributed by atoms with Gasteiger partial charge in [-0.05, 0) is 114 Å². The van der Waals surface area contributed by atoms with Crippen LogP contribution in [0.3, 0.4) is 0 Å². The van der Waals surface area contributed by atoms with Crippen molar-refractivity contribution in [3.8, 4) is 17.2 Å². The van der Waals surface area contributed by atoms with Gasteiger partial charge in [0.25, 0.3) is 0 Å². The quantitative estimate of drug-likeness (QED) is 0.0391. The first-order valence-electron chi connectivity index (χ1n) is 19.4. The first-order chi connectivity index (χ1) is 25.4. The third-order valence-electron chi connectivity index (χ3n) is 8.38. The van der Waals surface area contributed by atoms with Gasteiger partial charge >= 0.3 is 17.6 Å². The zero-order valence-corrected chi connectivity index (χ0v) is 34.8. The summed E-state index contributed by atoms with van der Waals surface area (Å²) in [6, 6.07) is 26.7. The second-order valence-corrected chi connectivity index (χ2v) is 17.7. The summed E-state index contributed by atoms with van der Waals surface area (Å²) in [4.78, 5) is 0. The van der Waals surface area contributed by atoms with Crippen LogP contribution in [0, 0.1) is 0 Å². The van der Waals surface area contributed by atoms with Crippen molar-refractivity contribution in [1.29, 1.82) is 0 Å². The van der Waals surface area contributed by atoms with E-state index >= 15 is 0 Å². The summed E-state index contributed by atoms with van der Waals surface area (Å²) < 4.78 is 54.3. The molecule has 0 aliphatic rings. The minimum Gasteiger partial charge on any atom is -0.494 e. The summed E-state index contributed by atoms with van der Waals surface area (Å²) in [5.41, 5.74) is 3.51. The number of unbranched alkanes of at least 4 members (excludes halogenated alkanes) is 1. The molecule has 0 spiro atoms. The van der Waals surface area contributed by atoms with Gasteiger partial charge in [0, 0.05) is 57.6 Å². The Bertz CT molecular complexity index is 1230. The summed E-state index contributed by atoms with van der Waals surface area (Å²) >= 11 is 0. The van der Waals surface area contributed by atoms with E-state index in [1.165, 1.54) is 16.7 Å². The van der Waals surface area contributed by atoms with Crippen molar-refractivity contribution in [3.63, 3.8) is 0 Å². The summed E-state index contributed by atoms with van der Waals surface area (Å²) in [6.07, 6.45) is 3.71. The minimum absolute atomic E-state index is 0.0122. The lowest BCUT2D eigenvalue weighted by Gasteiger charge is -2.28. The molecule has 52 heavy (non-hydrogen) atoms. The molecule has 0 radical (unpaired) electrons. The van der Waals surface area contributed by atoms with Crippen LogP contribution in [0.15, 0.2) is 72.8 Å². The molecule has 0 fully saturated rings. The average molecular weight is 757 g/mol. The van der Waals surface area contributed by atoms with Crippen LogP contribution in [-0.4, -0.2) is 77.1 Å². The zero-order chi connectivity index (χ0) is 37.5. The highest BCUT2D eigenvalue weighted by Gasteiger charge is 2.40. The van der Waals surface area contributed by atoms with Crippen LogP contribution in [0.25, 0.3) is 0 Å². The fraction of sp³-hybridized carbons (Fsp3) is 0.561. The van der Waals surface area contributed by atoms with Crippen LogP contribution < -0.4 is 14.2 Å². The highest BCUT2D eigenvalue weighted by Crippen LogP contribution is 2.35. The third kappa shape index (κ3) is 14.2. The molecule has 3 rings (SSSR count). The van der Waals surface area contributed by atoms with Crippen molar-refractivity contribution in [2.75, 3.05) is 59.5 Å². The summed E-state index contributed by atoms with van der Waals surface area (Å²) in [5, 5.41) is 0. The molecular weight excluding hydrogens is 693 g/mol. The van der Waals surface area contributed by atoms with E-state index in [4.69, 9.17) is 40.8 Å². The molecule has 9 nitrogen and oxygen atoms in total. The maximum atomic E-state index is 6.17. The van der Waals surface area contributed by atoms with E-state index in [0.29, 0.717) is 52.9 Å². The van der Waals surface area contributed by atoms with Crippen LogP contribution in [0.2, 0.25) is 12.1 Å². The van der Waals surface area contributed by atoms with E-state index in [9.17, 15) is 0 Å². The number of hydrogen-bond donors (Lipinski definition) is 0. The van der Waals surface area contributed by atoms with E-state index in [1.54, 1.807) is 0 Å². The van der Waals surface area contributed by atoms with Crippen LogP contribution in [0.4, 0.5) is 0 Å². The van der Waals surface area contributed by atoms with Gasteiger partial charge in [0.15, 0.2) is 0 Å². The van der Waals surface area contributed by atoms with Crippen molar-refractivity contribution < 1.29 is 40.8 Å². The Balaban J connectivity index is 1.72. The SMILES string of the molecule is CCCCOc1ccc(C(c2ccc(OCCC[Si](OCC)(OCC)OCC)cc2)c2ccc(OCCC[Si](OCC)(OCC)OCC)cc2)cc1. The van der Waals surface area contributed by atoms with Gasteiger partial charge in [-0.1, -0.05) is 49.7 Å². The van der Waals surface area contributed by atoms with Gasteiger partial charge in [-0.3, -0.25) is 0 Å². The van der Waals surface area contributed by atoms with E-state index in [-0.39, 0.29) is 5.92 Å². The standard InChI is InChI=1S/C41H64O9Si2/c1-8-15-30-42-38-24-18-35(19-25-38)41(36-20-26-39(27-21-36)43-31-16-33-51(45-9-2,46-10-3)47-11-4)37-22-28-40(29-23-37)44-32-17-34-52(48-12-5,49-13-6)50-14-7/h18-29,41H,8-17,30-34H2,1-7H3. The zero-order valence-electron chi connectivity index (χ0n) is 32.8. The van der Waals surface area contributed by atoms with Crippen molar-refractivity contribution in [2.24, 2.45) is 0 Å². The lowest BCUT2D eigenvalue weighted by Crippen LogP contribution is -2.46. The Labute approximate surface area is 315 Å². The van der Waals surface area contributed by atoms with Gasteiger partial charge in [-0.25, -0.2) is 0 Å². The highest BCUT2D eigenvalue weighted by molar-refractivity contribution is 6.61. The van der Waals surface area contributed by atoms with Crippen LogP contribution in [0.1, 0.15) is 96.8 Å². The first-order valence-corrected chi connectivity index (χ1v) is 23.3. The molecule has 0 unspecified atom stereocenters. The normalized spacial score (nSPS) is 12.0. The summed E-state index contributed by atoms with van der Waals surface area (Å²) in [5.74, 6) is 2.55. The number of benzene rings is 3. The molecule has 0 heterocycles.